The highest BCUT2D eigenvalue weighted by atomic mass is 16.3. The third-order valence-electron chi connectivity index (χ3n) is 4.43. The summed E-state index contributed by atoms with van der Waals surface area (Å²) in [4.78, 5) is 12.2. The topological polar surface area (TPSA) is 79.2 Å². The van der Waals surface area contributed by atoms with Crippen LogP contribution in [0.1, 0.15) is 25.7 Å². The van der Waals surface area contributed by atoms with Crippen LogP contribution in [0, 0.1) is 5.92 Å². The Morgan fingerprint density at radius 2 is 2.12 bits per heavy atom. The van der Waals surface area contributed by atoms with E-state index in [1.807, 2.05) is 37.4 Å². The minimum atomic E-state index is -0.236. The molecule has 2 unspecified atom stereocenters. The molecule has 2 aromatic rings. The van der Waals surface area contributed by atoms with Gasteiger partial charge in [0.05, 0.1) is 11.8 Å². The Hall–Kier alpha value is -2.34. The molecule has 1 aliphatic carbocycles. The normalized spacial score (nSPS) is 20.6. The lowest BCUT2D eigenvalue weighted by Crippen LogP contribution is -2.35. The number of benzene rings is 1. The van der Waals surface area contributed by atoms with Crippen molar-refractivity contribution in [2.75, 3.05) is 11.9 Å². The molecule has 0 radical (unpaired) electrons. The number of urea groups is 1. The largest absolute Gasteiger partial charge is 0.393 e. The number of rotatable bonds is 4. The van der Waals surface area contributed by atoms with Crippen LogP contribution in [0.15, 0.2) is 36.5 Å². The lowest BCUT2D eigenvalue weighted by atomic mass is 9.87. The zero-order valence-corrected chi connectivity index (χ0v) is 13.9. The number of carbonyl (C=O) groups excluding carboxylic acids is 1. The van der Waals surface area contributed by atoms with Crippen LogP contribution < -0.4 is 10.6 Å². The molecule has 24 heavy (non-hydrogen) atoms. The summed E-state index contributed by atoms with van der Waals surface area (Å²) in [6.07, 6.45) is 5.29. The van der Waals surface area contributed by atoms with Gasteiger partial charge < -0.3 is 15.7 Å². The molecule has 1 aromatic heterocycles. The summed E-state index contributed by atoms with van der Waals surface area (Å²) in [6.45, 7) is 0.587. The zero-order chi connectivity index (χ0) is 16.9. The van der Waals surface area contributed by atoms with E-state index in [0.29, 0.717) is 18.2 Å². The number of hydrogen-bond donors (Lipinski definition) is 3. The van der Waals surface area contributed by atoms with Crippen molar-refractivity contribution in [2.45, 2.75) is 31.8 Å². The van der Waals surface area contributed by atoms with Crippen LogP contribution in [0.4, 0.5) is 10.5 Å². The molecular formula is C18H24N4O2. The number of amides is 2. The number of aliphatic hydroxyl groups is 1. The summed E-state index contributed by atoms with van der Waals surface area (Å²) in [5.74, 6) is 0.349. The molecule has 1 aliphatic rings. The summed E-state index contributed by atoms with van der Waals surface area (Å²) >= 11 is 0. The first-order chi connectivity index (χ1) is 11.6. The third kappa shape index (κ3) is 4.14. The molecule has 1 saturated carbocycles. The highest BCUT2D eigenvalue weighted by Crippen LogP contribution is 2.26. The number of nitrogens with zero attached hydrogens (tertiary/aromatic N) is 2. The molecule has 6 nitrogen and oxygen atoms in total. The number of carbonyl (C=O) groups is 1. The van der Waals surface area contributed by atoms with E-state index in [-0.39, 0.29) is 12.1 Å². The van der Waals surface area contributed by atoms with Crippen LogP contribution in [0.25, 0.3) is 11.3 Å². The monoisotopic (exact) mass is 328 g/mol. The summed E-state index contributed by atoms with van der Waals surface area (Å²) in [5.41, 5.74) is 2.40. The van der Waals surface area contributed by atoms with Crippen LogP contribution in [0.2, 0.25) is 0 Å². The van der Waals surface area contributed by atoms with E-state index >= 15 is 0 Å². The van der Waals surface area contributed by atoms with Gasteiger partial charge in [-0.15, -0.1) is 0 Å². The van der Waals surface area contributed by atoms with Crippen molar-refractivity contribution in [2.24, 2.45) is 13.0 Å². The zero-order valence-electron chi connectivity index (χ0n) is 13.9. The molecule has 0 bridgehead atoms. The van der Waals surface area contributed by atoms with Crippen molar-refractivity contribution in [1.82, 2.24) is 15.1 Å². The van der Waals surface area contributed by atoms with E-state index in [4.69, 9.17) is 0 Å². The fourth-order valence-electron chi connectivity index (χ4n) is 3.24. The maximum atomic E-state index is 12.2. The highest BCUT2D eigenvalue weighted by molar-refractivity contribution is 5.93. The van der Waals surface area contributed by atoms with Gasteiger partial charge in [0.25, 0.3) is 0 Å². The van der Waals surface area contributed by atoms with E-state index in [1.165, 1.54) is 0 Å². The van der Waals surface area contributed by atoms with Crippen molar-refractivity contribution < 1.29 is 9.90 Å². The molecule has 6 heteroatoms. The second-order valence-electron chi connectivity index (χ2n) is 6.45. The van der Waals surface area contributed by atoms with E-state index in [1.54, 1.807) is 10.9 Å². The van der Waals surface area contributed by atoms with E-state index < -0.39 is 0 Å². The quantitative estimate of drug-likeness (QED) is 0.807. The lowest BCUT2D eigenvalue weighted by molar-refractivity contribution is 0.101. The number of nitrogens with one attached hydrogen (secondary N) is 2. The Bertz CT molecular complexity index is 684. The first kappa shape index (κ1) is 16.5. The van der Waals surface area contributed by atoms with Gasteiger partial charge >= 0.3 is 6.03 Å². The number of aryl methyl sites for hydroxylation is 1. The fourth-order valence-corrected chi connectivity index (χ4v) is 3.24. The van der Waals surface area contributed by atoms with Gasteiger partial charge in [-0.1, -0.05) is 36.8 Å². The lowest BCUT2D eigenvalue weighted by Gasteiger charge is -2.25. The van der Waals surface area contributed by atoms with Gasteiger partial charge in [0.1, 0.15) is 5.69 Å². The van der Waals surface area contributed by atoms with Crippen LogP contribution in [0.5, 0.6) is 0 Å². The molecule has 3 N–H and O–H groups in total. The van der Waals surface area contributed by atoms with Gasteiger partial charge in [-0.3, -0.25) is 4.68 Å². The van der Waals surface area contributed by atoms with Crippen molar-refractivity contribution in [3.63, 3.8) is 0 Å². The van der Waals surface area contributed by atoms with E-state index in [9.17, 15) is 9.90 Å². The first-order valence-electron chi connectivity index (χ1n) is 8.44. The summed E-state index contributed by atoms with van der Waals surface area (Å²) < 4.78 is 1.69. The molecular weight excluding hydrogens is 304 g/mol. The Morgan fingerprint density at radius 3 is 2.88 bits per heavy atom. The Balaban J connectivity index is 1.60. The van der Waals surface area contributed by atoms with Crippen LogP contribution in [0.3, 0.4) is 0 Å². The van der Waals surface area contributed by atoms with Crippen LogP contribution in [-0.2, 0) is 7.05 Å². The van der Waals surface area contributed by atoms with Gasteiger partial charge in [0, 0.05) is 25.4 Å². The molecule has 2 atom stereocenters. The van der Waals surface area contributed by atoms with Gasteiger partial charge in [0.2, 0.25) is 0 Å². The molecule has 0 saturated heterocycles. The minimum absolute atomic E-state index is 0.225. The van der Waals surface area contributed by atoms with Gasteiger partial charge in [0.15, 0.2) is 0 Å². The molecule has 2 amide bonds. The molecule has 0 aliphatic heterocycles. The van der Waals surface area contributed by atoms with Crippen LogP contribution >= 0.6 is 0 Å². The predicted molar refractivity (Wildman–Crippen MR) is 93.6 cm³/mol. The van der Waals surface area contributed by atoms with Gasteiger partial charge in [-0.2, -0.15) is 5.10 Å². The molecule has 128 valence electrons. The predicted octanol–water partition coefficient (Wildman–Crippen LogP) is 2.76. The van der Waals surface area contributed by atoms with Crippen molar-refractivity contribution in [3.8, 4) is 11.3 Å². The fraction of sp³-hybridized carbons (Fsp3) is 0.444. The average molecular weight is 328 g/mol. The standard InChI is InChI=1S/C18H24N4O2/c1-22-12-16(17(21-22)14-7-3-2-4-8-14)20-18(24)19-11-13-6-5-9-15(23)10-13/h2-4,7-8,12-13,15,23H,5-6,9-11H2,1H3,(H2,19,20,24). The number of aliphatic hydroxyl groups excluding tert-OH is 1. The molecule has 0 spiro atoms. The molecule has 1 fully saturated rings. The summed E-state index contributed by atoms with van der Waals surface area (Å²) in [6, 6.07) is 9.54. The SMILES string of the molecule is Cn1cc(NC(=O)NCC2CCCC(O)C2)c(-c2ccccc2)n1. The van der Waals surface area contributed by atoms with E-state index in [0.717, 1.165) is 36.9 Å². The van der Waals surface area contributed by atoms with Crippen molar-refractivity contribution >= 4 is 11.7 Å². The van der Waals surface area contributed by atoms with Gasteiger partial charge in [-0.05, 0) is 25.2 Å². The number of hydrogen-bond acceptors (Lipinski definition) is 3. The van der Waals surface area contributed by atoms with Crippen molar-refractivity contribution in [1.29, 1.82) is 0 Å². The second-order valence-corrected chi connectivity index (χ2v) is 6.45. The number of aromatic nitrogens is 2. The average Bonchev–Trinajstić information content (AvgIpc) is 2.94. The summed E-state index contributed by atoms with van der Waals surface area (Å²) in [7, 11) is 1.83. The van der Waals surface area contributed by atoms with Gasteiger partial charge in [-0.25, -0.2) is 4.79 Å². The van der Waals surface area contributed by atoms with Crippen LogP contribution in [-0.4, -0.2) is 33.6 Å². The Kier molecular flexibility index (Phi) is 5.15. The molecule has 1 heterocycles. The number of anilines is 1. The minimum Gasteiger partial charge on any atom is -0.393 e. The Morgan fingerprint density at radius 1 is 1.33 bits per heavy atom. The van der Waals surface area contributed by atoms with E-state index in [2.05, 4.69) is 15.7 Å². The maximum absolute atomic E-state index is 12.2. The molecule has 3 rings (SSSR count). The first-order valence-corrected chi connectivity index (χ1v) is 8.44. The Labute approximate surface area is 141 Å². The smallest absolute Gasteiger partial charge is 0.319 e. The molecule has 1 aromatic carbocycles. The maximum Gasteiger partial charge on any atom is 0.319 e. The highest BCUT2D eigenvalue weighted by Gasteiger charge is 2.21. The summed E-state index contributed by atoms with van der Waals surface area (Å²) in [5, 5.41) is 19.9. The van der Waals surface area contributed by atoms with Crippen molar-refractivity contribution in [3.05, 3.63) is 36.5 Å². The third-order valence-corrected chi connectivity index (χ3v) is 4.43. The second kappa shape index (κ2) is 7.49.